The third-order valence-corrected chi connectivity index (χ3v) is 4.60. The maximum Gasteiger partial charge on any atom is 0.233 e. The lowest BCUT2D eigenvalue weighted by molar-refractivity contribution is -0.140. The zero-order valence-electron chi connectivity index (χ0n) is 13.2. The van der Waals surface area contributed by atoms with Gasteiger partial charge in [0, 0.05) is 25.1 Å². The number of halogens is 1. The minimum absolute atomic E-state index is 0.0266. The normalized spacial score (nSPS) is 22.6. The summed E-state index contributed by atoms with van der Waals surface area (Å²) in [5.41, 5.74) is 0.399. The zero-order chi connectivity index (χ0) is 17.1. The van der Waals surface area contributed by atoms with Gasteiger partial charge in [-0.3, -0.25) is 19.3 Å². The lowest BCUT2D eigenvalue weighted by Gasteiger charge is -2.14. The van der Waals surface area contributed by atoms with Crippen LogP contribution in [0.25, 0.3) is 0 Å². The van der Waals surface area contributed by atoms with Crippen molar-refractivity contribution in [2.24, 2.45) is 11.8 Å². The maximum absolute atomic E-state index is 13.5. The van der Waals surface area contributed by atoms with Gasteiger partial charge in [0.05, 0.1) is 11.8 Å². The molecule has 24 heavy (non-hydrogen) atoms. The van der Waals surface area contributed by atoms with Crippen LogP contribution in [-0.4, -0.2) is 29.2 Å². The first kappa shape index (κ1) is 16.4. The molecule has 1 saturated heterocycles. The van der Waals surface area contributed by atoms with Gasteiger partial charge in [0.15, 0.2) is 0 Å². The van der Waals surface area contributed by atoms with Crippen molar-refractivity contribution in [2.45, 2.75) is 25.8 Å². The number of rotatable bonds is 5. The number of benzene rings is 1. The smallest absolute Gasteiger partial charge is 0.233 e. The van der Waals surface area contributed by atoms with E-state index in [0.29, 0.717) is 18.4 Å². The number of hydrogen-bond donors (Lipinski definition) is 1. The van der Waals surface area contributed by atoms with E-state index in [2.05, 4.69) is 5.32 Å². The van der Waals surface area contributed by atoms with Crippen molar-refractivity contribution in [1.29, 1.82) is 0 Å². The Morgan fingerprint density at radius 2 is 1.75 bits per heavy atom. The number of amides is 3. The number of allylic oxidation sites excluding steroid dienone is 2. The molecule has 0 saturated carbocycles. The van der Waals surface area contributed by atoms with Crippen molar-refractivity contribution in [1.82, 2.24) is 10.2 Å². The van der Waals surface area contributed by atoms with Crippen LogP contribution in [0, 0.1) is 17.7 Å². The maximum atomic E-state index is 13.5. The molecule has 5 nitrogen and oxygen atoms in total. The molecule has 1 fully saturated rings. The predicted octanol–water partition coefficient (Wildman–Crippen LogP) is 1.78. The van der Waals surface area contributed by atoms with Crippen molar-refractivity contribution >= 4 is 17.7 Å². The van der Waals surface area contributed by atoms with Crippen molar-refractivity contribution < 1.29 is 18.8 Å². The van der Waals surface area contributed by atoms with Gasteiger partial charge in [-0.1, -0.05) is 30.4 Å². The van der Waals surface area contributed by atoms with Gasteiger partial charge in [0.2, 0.25) is 17.7 Å². The average Bonchev–Trinajstić information content (AvgIpc) is 2.84. The Morgan fingerprint density at radius 3 is 2.38 bits per heavy atom. The molecular weight excluding hydrogens is 311 g/mol. The molecule has 0 unspecified atom stereocenters. The van der Waals surface area contributed by atoms with E-state index in [1.54, 1.807) is 18.2 Å². The van der Waals surface area contributed by atoms with Crippen molar-refractivity contribution in [3.63, 3.8) is 0 Å². The summed E-state index contributed by atoms with van der Waals surface area (Å²) in [5.74, 6) is -1.61. The largest absolute Gasteiger partial charge is 0.352 e. The van der Waals surface area contributed by atoms with Crippen LogP contribution in [0.15, 0.2) is 36.4 Å². The molecule has 6 heteroatoms. The lowest BCUT2D eigenvalue weighted by atomic mass is 9.85. The monoisotopic (exact) mass is 330 g/mol. The van der Waals surface area contributed by atoms with E-state index in [1.807, 2.05) is 12.2 Å². The van der Waals surface area contributed by atoms with Gasteiger partial charge in [0.1, 0.15) is 5.82 Å². The second-order valence-electron chi connectivity index (χ2n) is 6.10. The fourth-order valence-corrected chi connectivity index (χ4v) is 3.23. The third kappa shape index (κ3) is 3.22. The number of nitrogens with zero attached hydrogens (tertiary/aromatic N) is 1. The molecule has 126 valence electrons. The highest BCUT2D eigenvalue weighted by Crippen LogP contribution is 2.34. The van der Waals surface area contributed by atoms with Crippen molar-refractivity contribution in [3.05, 3.63) is 47.8 Å². The molecule has 1 heterocycles. The van der Waals surface area contributed by atoms with E-state index < -0.39 is 0 Å². The number of nitrogens with one attached hydrogen (secondary N) is 1. The highest BCUT2D eigenvalue weighted by atomic mass is 19.1. The topological polar surface area (TPSA) is 66.5 Å². The first-order chi connectivity index (χ1) is 11.6. The summed E-state index contributed by atoms with van der Waals surface area (Å²) in [4.78, 5) is 37.7. The van der Waals surface area contributed by atoms with Crippen LogP contribution in [0.5, 0.6) is 0 Å². The molecule has 1 aliphatic carbocycles. The Labute approximate surface area is 139 Å². The summed E-state index contributed by atoms with van der Waals surface area (Å²) >= 11 is 0. The summed E-state index contributed by atoms with van der Waals surface area (Å²) in [5, 5.41) is 2.62. The fraction of sp³-hybridized carbons (Fsp3) is 0.389. The quantitative estimate of drug-likeness (QED) is 0.661. The summed E-state index contributed by atoms with van der Waals surface area (Å²) in [6.45, 7) is 0.163. The number of likely N-dealkylation sites (tertiary alicyclic amines) is 1. The van der Waals surface area contributed by atoms with E-state index in [0.717, 1.165) is 0 Å². The molecular formula is C18H19FN2O3. The van der Waals surface area contributed by atoms with Crippen LogP contribution in [0.3, 0.4) is 0 Å². The van der Waals surface area contributed by atoms with Crippen LogP contribution in [0.2, 0.25) is 0 Å². The molecule has 3 amide bonds. The molecule has 2 aliphatic rings. The molecule has 0 radical (unpaired) electrons. The number of carbonyl (C=O) groups excluding carboxylic acids is 3. The van der Waals surface area contributed by atoms with E-state index in [1.165, 1.54) is 11.0 Å². The molecule has 3 rings (SSSR count). The highest BCUT2D eigenvalue weighted by Gasteiger charge is 2.46. The minimum atomic E-state index is -0.376. The van der Waals surface area contributed by atoms with E-state index in [-0.39, 0.29) is 54.9 Å². The van der Waals surface area contributed by atoms with Gasteiger partial charge in [-0.2, -0.15) is 0 Å². The molecule has 0 bridgehead atoms. The summed E-state index contributed by atoms with van der Waals surface area (Å²) < 4.78 is 13.5. The van der Waals surface area contributed by atoms with Gasteiger partial charge in [-0.15, -0.1) is 0 Å². The summed E-state index contributed by atoms with van der Waals surface area (Å²) in [6.07, 6.45) is 5.06. The zero-order valence-corrected chi connectivity index (χ0v) is 13.2. The van der Waals surface area contributed by atoms with Crippen LogP contribution in [0.1, 0.15) is 24.8 Å². The molecule has 1 aliphatic heterocycles. The molecule has 0 aromatic heterocycles. The van der Waals surface area contributed by atoms with E-state index in [9.17, 15) is 18.8 Å². The molecule has 2 atom stereocenters. The first-order valence-electron chi connectivity index (χ1n) is 8.08. The van der Waals surface area contributed by atoms with Gasteiger partial charge < -0.3 is 5.32 Å². The molecule has 0 spiro atoms. The predicted molar refractivity (Wildman–Crippen MR) is 84.9 cm³/mol. The molecule has 1 N–H and O–H groups in total. The second-order valence-corrected chi connectivity index (χ2v) is 6.10. The number of carbonyl (C=O) groups is 3. The van der Waals surface area contributed by atoms with E-state index >= 15 is 0 Å². The van der Waals surface area contributed by atoms with Crippen LogP contribution < -0.4 is 5.32 Å². The third-order valence-electron chi connectivity index (χ3n) is 4.60. The average molecular weight is 330 g/mol. The van der Waals surface area contributed by atoms with Crippen molar-refractivity contribution in [2.75, 3.05) is 6.54 Å². The lowest BCUT2D eigenvalue weighted by Crippen LogP contribution is -2.35. The van der Waals surface area contributed by atoms with Gasteiger partial charge >= 0.3 is 0 Å². The SMILES string of the molecule is O=C(CCN1C(=O)[C@H]2CC=CC[C@H]2C1=O)NCc1ccccc1F. The van der Waals surface area contributed by atoms with Crippen LogP contribution >= 0.6 is 0 Å². The Morgan fingerprint density at radius 1 is 1.12 bits per heavy atom. The number of hydrogen-bond acceptors (Lipinski definition) is 3. The van der Waals surface area contributed by atoms with Gasteiger partial charge in [-0.05, 0) is 18.9 Å². The summed E-state index contributed by atoms with van der Waals surface area (Å²) in [6, 6.07) is 6.21. The second kappa shape index (κ2) is 6.95. The standard InChI is InChI=1S/C18H19FN2O3/c19-15-8-4-1-5-12(15)11-20-16(22)9-10-21-17(23)13-6-2-3-7-14(13)18(21)24/h1-5,8,13-14H,6-7,9-11H2,(H,20,22)/t13-,14+. The Balaban J connectivity index is 1.51. The van der Waals surface area contributed by atoms with Crippen LogP contribution in [-0.2, 0) is 20.9 Å². The molecule has 1 aromatic carbocycles. The Hall–Kier alpha value is -2.50. The van der Waals surface area contributed by atoms with Gasteiger partial charge in [-0.25, -0.2) is 4.39 Å². The number of fused-ring (bicyclic) bond motifs is 1. The minimum Gasteiger partial charge on any atom is -0.352 e. The summed E-state index contributed by atoms with van der Waals surface area (Å²) in [7, 11) is 0. The molecule has 1 aromatic rings. The van der Waals surface area contributed by atoms with Crippen molar-refractivity contribution in [3.8, 4) is 0 Å². The van der Waals surface area contributed by atoms with Gasteiger partial charge in [0.25, 0.3) is 0 Å². The Bertz CT molecular complexity index is 675. The highest BCUT2D eigenvalue weighted by molar-refractivity contribution is 6.05. The fourth-order valence-electron chi connectivity index (χ4n) is 3.23. The van der Waals surface area contributed by atoms with E-state index in [4.69, 9.17) is 0 Å². The first-order valence-corrected chi connectivity index (χ1v) is 8.08. The van der Waals surface area contributed by atoms with Crippen LogP contribution in [0.4, 0.5) is 4.39 Å². The number of imide groups is 1. The Kier molecular flexibility index (Phi) is 4.74.